The molecule has 0 radical (unpaired) electrons. The van der Waals surface area contributed by atoms with Gasteiger partial charge in [-0.15, -0.1) is 0 Å². The molecule has 1 aromatic rings. The number of hydrogen-bond acceptors (Lipinski definition) is 3. The minimum absolute atomic E-state index is 0.194. The molecule has 90 valence electrons. The molecule has 1 aliphatic rings. The molecule has 4 heteroatoms. The summed E-state index contributed by atoms with van der Waals surface area (Å²) in [5, 5.41) is 0. The molecule has 0 fully saturated rings. The summed E-state index contributed by atoms with van der Waals surface area (Å²) in [6.45, 7) is 1.66. The van der Waals surface area contributed by atoms with Crippen LogP contribution >= 0.6 is 0 Å². The topological polar surface area (TPSA) is 46.6 Å². The molecular weight excluding hydrogens is 218 g/mol. The molecule has 0 aromatic heterocycles. The van der Waals surface area contributed by atoms with Crippen LogP contribution in [-0.4, -0.2) is 36.5 Å². The third-order valence-electron chi connectivity index (χ3n) is 2.94. The highest BCUT2D eigenvalue weighted by molar-refractivity contribution is 5.97. The number of esters is 1. The monoisotopic (exact) mass is 233 g/mol. The molecule has 0 spiro atoms. The SMILES string of the molecule is CN(C)C(=O)C1(C)Cc2ccccc2C(=O)O1. The Balaban J connectivity index is 2.40. The highest BCUT2D eigenvalue weighted by atomic mass is 16.6. The van der Waals surface area contributed by atoms with Crippen LogP contribution in [0.15, 0.2) is 24.3 Å². The van der Waals surface area contributed by atoms with E-state index in [1.165, 1.54) is 4.90 Å². The summed E-state index contributed by atoms with van der Waals surface area (Å²) in [6.07, 6.45) is 0.423. The number of cyclic esters (lactones) is 1. The summed E-state index contributed by atoms with van der Waals surface area (Å²) in [5.74, 6) is -0.620. The Kier molecular flexibility index (Phi) is 2.65. The van der Waals surface area contributed by atoms with Crippen molar-refractivity contribution < 1.29 is 14.3 Å². The van der Waals surface area contributed by atoms with Crippen molar-refractivity contribution >= 4 is 11.9 Å². The van der Waals surface area contributed by atoms with E-state index in [0.717, 1.165) is 5.56 Å². The fourth-order valence-electron chi connectivity index (χ4n) is 2.12. The van der Waals surface area contributed by atoms with Gasteiger partial charge in [-0.1, -0.05) is 18.2 Å². The molecule has 17 heavy (non-hydrogen) atoms. The molecular formula is C13H15NO3. The maximum absolute atomic E-state index is 12.0. The first-order chi connectivity index (χ1) is 7.94. The summed E-state index contributed by atoms with van der Waals surface area (Å²) in [4.78, 5) is 25.3. The van der Waals surface area contributed by atoms with Gasteiger partial charge in [0.25, 0.3) is 5.91 Å². The number of fused-ring (bicyclic) bond motifs is 1. The second kappa shape index (κ2) is 3.87. The Labute approximate surface area is 100 Å². The van der Waals surface area contributed by atoms with Gasteiger partial charge in [-0.2, -0.15) is 0 Å². The van der Waals surface area contributed by atoms with Crippen molar-refractivity contribution in [1.82, 2.24) is 4.90 Å². The second-order valence-electron chi connectivity index (χ2n) is 4.65. The third kappa shape index (κ3) is 1.90. The standard InChI is InChI=1S/C13H15NO3/c1-13(12(16)14(2)3)8-9-6-4-5-7-10(9)11(15)17-13/h4-7H,8H2,1-3H3. The molecule has 1 atom stereocenters. The van der Waals surface area contributed by atoms with Crippen LogP contribution in [0.25, 0.3) is 0 Å². The number of likely N-dealkylation sites (N-methyl/N-ethyl adjacent to an activating group) is 1. The predicted molar refractivity (Wildman–Crippen MR) is 62.7 cm³/mol. The number of nitrogens with zero attached hydrogens (tertiary/aromatic N) is 1. The molecule has 2 rings (SSSR count). The molecule has 0 bridgehead atoms. The van der Waals surface area contributed by atoms with E-state index in [2.05, 4.69) is 0 Å². The summed E-state index contributed by atoms with van der Waals surface area (Å²) < 4.78 is 5.29. The van der Waals surface area contributed by atoms with Crippen molar-refractivity contribution in [3.63, 3.8) is 0 Å². The first-order valence-corrected chi connectivity index (χ1v) is 5.47. The van der Waals surface area contributed by atoms with Gasteiger partial charge in [0.05, 0.1) is 5.56 Å². The second-order valence-corrected chi connectivity index (χ2v) is 4.65. The van der Waals surface area contributed by atoms with Crippen molar-refractivity contribution in [2.75, 3.05) is 14.1 Å². The first-order valence-electron chi connectivity index (χ1n) is 5.47. The van der Waals surface area contributed by atoms with Gasteiger partial charge in [-0.3, -0.25) is 4.79 Å². The largest absolute Gasteiger partial charge is 0.445 e. The molecule has 1 unspecified atom stereocenters. The smallest absolute Gasteiger partial charge is 0.339 e. The number of carbonyl (C=O) groups excluding carboxylic acids is 2. The van der Waals surface area contributed by atoms with Crippen LogP contribution in [0.3, 0.4) is 0 Å². The highest BCUT2D eigenvalue weighted by Crippen LogP contribution is 2.29. The average Bonchev–Trinajstić information content (AvgIpc) is 2.27. The molecule has 1 heterocycles. The minimum Gasteiger partial charge on any atom is -0.445 e. The van der Waals surface area contributed by atoms with Gasteiger partial charge in [-0.25, -0.2) is 4.79 Å². The lowest BCUT2D eigenvalue weighted by molar-refractivity contribution is -0.148. The summed E-state index contributed by atoms with van der Waals surface area (Å²) in [7, 11) is 3.31. The maximum Gasteiger partial charge on any atom is 0.339 e. The van der Waals surface area contributed by atoms with E-state index in [4.69, 9.17) is 4.74 Å². The molecule has 1 amide bonds. The van der Waals surface area contributed by atoms with Crippen LogP contribution in [0.5, 0.6) is 0 Å². The number of hydrogen-bond donors (Lipinski definition) is 0. The molecule has 0 saturated carbocycles. The summed E-state index contributed by atoms with van der Waals surface area (Å²) >= 11 is 0. The number of carbonyl (C=O) groups is 2. The van der Waals surface area contributed by atoms with E-state index in [1.807, 2.05) is 12.1 Å². The molecule has 1 aromatic carbocycles. The number of amides is 1. The summed E-state index contributed by atoms with van der Waals surface area (Å²) in [5.41, 5.74) is 0.326. The van der Waals surface area contributed by atoms with Gasteiger partial charge >= 0.3 is 5.97 Å². The average molecular weight is 233 g/mol. The third-order valence-corrected chi connectivity index (χ3v) is 2.94. The lowest BCUT2D eigenvalue weighted by atomic mass is 9.89. The van der Waals surface area contributed by atoms with Gasteiger partial charge in [0.2, 0.25) is 0 Å². The normalized spacial score (nSPS) is 22.6. The fraction of sp³-hybridized carbons (Fsp3) is 0.385. The molecule has 0 N–H and O–H groups in total. The van der Waals surface area contributed by atoms with Crippen LogP contribution in [0.4, 0.5) is 0 Å². The summed E-state index contributed by atoms with van der Waals surface area (Å²) in [6, 6.07) is 7.23. The predicted octanol–water partition coefficient (Wildman–Crippen LogP) is 1.25. The van der Waals surface area contributed by atoms with Crippen LogP contribution in [-0.2, 0) is 16.0 Å². The Bertz CT molecular complexity index is 481. The van der Waals surface area contributed by atoms with Crippen molar-refractivity contribution in [2.24, 2.45) is 0 Å². The van der Waals surface area contributed by atoms with Crippen molar-refractivity contribution in [2.45, 2.75) is 18.9 Å². The zero-order valence-electron chi connectivity index (χ0n) is 10.2. The number of ether oxygens (including phenoxy) is 1. The van der Waals surface area contributed by atoms with E-state index < -0.39 is 11.6 Å². The zero-order chi connectivity index (χ0) is 12.6. The van der Waals surface area contributed by atoms with E-state index >= 15 is 0 Å². The molecule has 4 nitrogen and oxygen atoms in total. The van der Waals surface area contributed by atoms with E-state index in [-0.39, 0.29) is 5.91 Å². The van der Waals surface area contributed by atoms with Gasteiger partial charge in [0.15, 0.2) is 5.60 Å². The highest BCUT2D eigenvalue weighted by Gasteiger charge is 2.43. The number of benzene rings is 1. The van der Waals surface area contributed by atoms with Gasteiger partial charge in [0, 0.05) is 20.5 Å². The van der Waals surface area contributed by atoms with Crippen molar-refractivity contribution in [3.8, 4) is 0 Å². The Hall–Kier alpha value is -1.84. The van der Waals surface area contributed by atoms with Crippen molar-refractivity contribution in [1.29, 1.82) is 0 Å². The fourth-order valence-corrected chi connectivity index (χ4v) is 2.12. The minimum atomic E-state index is -1.09. The lowest BCUT2D eigenvalue weighted by Crippen LogP contribution is -2.51. The quantitative estimate of drug-likeness (QED) is 0.686. The van der Waals surface area contributed by atoms with E-state index in [0.29, 0.717) is 12.0 Å². The zero-order valence-corrected chi connectivity index (χ0v) is 10.2. The van der Waals surface area contributed by atoms with Gasteiger partial charge in [-0.05, 0) is 18.6 Å². The Morgan fingerprint density at radius 1 is 1.35 bits per heavy atom. The Morgan fingerprint density at radius 3 is 2.65 bits per heavy atom. The van der Waals surface area contributed by atoms with Crippen LogP contribution in [0.2, 0.25) is 0 Å². The molecule has 0 aliphatic carbocycles. The maximum atomic E-state index is 12.0. The lowest BCUT2D eigenvalue weighted by Gasteiger charge is -2.34. The van der Waals surface area contributed by atoms with E-state index in [9.17, 15) is 9.59 Å². The Morgan fingerprint density at radius 2 is 2.00 bits per heavy atom. The first kappa shape index (κ1) is 11.6. The van der Waals surface area contributed by atoms with Crippen LogP contribution < -0.4 is 0 Å². The number of rotatable bonds is 1. The van der Waals surface area contributed by atoms with Crippen molar-refractivity contribution in [3.05, 3.63) is 35.4 Å². The molecule has 0 saturated heterocycles. The van der Waals surface area contributed by atoms with Crippen LogP contribution in [0, 0.1) is 0 Å². The van der Waals surface area contributed by atoms with E-state index in [1.54, 1.807) is 33.2 Å². The van der Waals surface area contributed by atoms with Gasteiger partial charge < -0.3 is 9.64 Å². The van der Waals surface area contributed by atoms with Crippen LogP contribution in [0.1, 0.15) is 22.8 Å². The van der Waals surface area contributed by atoms with Gasteiger partial charge in [0.1, 0.15) is 0 Å². The molecule has 1 aliphatic heterocycles.